The molecule has 45 valence electrons. The Morgan fingerprint density at radius 2 is 2.25 bits per heavy atom. The van der Waals surface area contributed by atoms with Crippen molar-refractivity contribution in [2.45, 2.75) is 25.9 Å². The van der Waals surface area contributed by atoms with Gasteiger partial charge in [-0.05, 0) is 18.8 Å². The number of hydrogen-bond acceptors (Lipinski definition) is 2. The van der Waals surface area contributed by atoms with Gasteiger partial charge in [-0.1, -0.05) is 6.92 Å². The maximum Gasteiger partial charge on any atom is 0.417 e. The molecule has 0 aliphatic heterocycles. The molecule has 8 heavy (non-hydrogen) atoms. The highest BCUT2D eigenvalue weighted by molar-refractivity contribution is 5.38. The van der Waals surface area contributed by atoms with Crippen molar-refractivity contribution in [3.63, 3.8) is 0 Å². The molecule has 0 aromatic rings. The summed E-state index contributed by atoms with van der Waals surface area (Å²) >= 11 is 0. The van der Waals surface area contributed by atoms with Gasteiger partial charge in [0.15, 0.2) is 0 Å². The Kier molecular flexibility index (Phi) is 1.51. The molecule has 0 atom stereocenters. The van der Waals surface area contributed by atoms with E-state index in [1.165, 1.54) is 6.47 Å². The predicted molar refractivity (Wildman–Crippen MR) is 29.0 cm³/mol. The number of carbonyl (C=O) groups excluding carboxylic acids is 1. The van der Waals surface area contributed by atoms with Gasteiger partial charge in [-0.25, -0.2) is 4.79 Å². The van der Waals surface area contributed by atoms with Gasteiger partial charge in [0.25, 0.3) is 0 Å². The van der Waals surface area contributed by atoms with Crippen molar-refractivity contribution in [2.75, 3.05) is 0 Å². The lowest BCUT2D eigenvalue weighted by Crippen LogP contribution is -2.28. The summed E-state index contributed by atoms with van der Waals surface area (Å²) in [6.07, 6.45) is 2.23. The summed E-state index contributed by atoms with van der Waals surface area (Å²) in [7, 11) is 0. The van der Waals surface area contributed by atoms with E-state index < -0.39 is 0 Å². The van der Waals surface area contributed by atoms with E-state index in [0.29, 0.717) is 0 Å². The van der Waals surface area contributed by atoms with Gasteiger partial charge >= 0.3 is 6.47 Å². The van der Waals surface area contributed by atoms with Crippen LogP contribution in [0.1, 0.15) is 19.8 Å². The zero-order valence-corrected chi connectivity index (χ0v) is 4.89. The van der Waals surface area contributed by atoms with E-state index in [1.807, 2.05) is 0 Å². The Morgan fingerprint density at radius 1 is 1.62 bits per heavy atom. The van der Waals surface area contributed by atoms with Crippen LogP contribution < -0.4 is 0 Å². The number of rotatable bonds is 2. The first-order chi connectivity index (χ1) is 3.83. The molecule has 0 unspecified atom stereocenters. The molecule has 2 nitrogen and oxygen atoms in total. The van der Waals surface area contributed by atoms with Crippen molar-refractivity contribution >= 4 is 6.47 Å². The maximum atomic E-state index is 9.57. The fourth-order valence-electron chi connectivity index (χ4n) is 0.993. The molecule has 0 saturated heterocycles. The van der Waals surface area contributed by atoms with E-state index in [0.717, 1.165) is 18.8 Å². The molecular formula is C6H9O2. The van der Waals surface area contributed by atoms with Crippen LogP contribution in [0, 0.1) is 5.92 Å². The summed E-state index contributed by atoms with van der Waals surface area (Å²) in [5.74, 6) is 0.744. The van der Waals surface area contributed by atoms with Crippen LogP contribution in [0.5, 0.6) is 0 Å². The first-order valence-corrected chi connectivity index (χ1v) is 2.85. The van der Waals surface area contributed by atoms with Gasteiger partial charge in [0, 0.05) is 0 Å². The molecule has 1 aliphatic carbocycles. The number of hydrogen-bond donors (Lipinski definition) is 0. The predicted octanol–water partition coefficient (Wildman–Crippen LogP) is 0.869. The molecule has 0 bridgehead atoms. The van der Waals surface area contributed by atoms with Crippen LogP contribution >= 0.6 is 0 Å². The molecule has 1 saturated carbocycles. The zero-order chi connectivity index (χ0) is 5.98. The molecule has 0 spiro atoms. The third-order valence-corrected chi connectivity index (χ3v) is 1.55. The summed E-state index contributed by atoms with van der Waals surface area (Å²) in [5, 5.41) is 0. The van der Waals surface area contributed by atoms with E-state index >= 15 is 0 Å². The largest absolute Gasteiger partial charge is 0.454 e. The average Bonchev–Trinajstić information content (AvgIpc) is 1.64. The third kappa shape index (κ3) is 0.997. The van der Waals surface area contributed by atoms with Crippen LogP contribution in [-0.2, 0) is 9.53 Å². The Balaban J connectivity index is 2.06. The smallest absolute Gasteiger partial charge is 0.417 e. The standard InChI is InChI=1S/C6H9O2/c1-5-2-6(3-5)8-4-7/h5-6H,2-3H2,1H3. The van der Waals surface area contributed by atoms with Crippen molar-refractivity contribution in [3.05, 3.63) is 0 Å². The zero-order valence-electron chi connectivity index (χ0n) is 4.89. The van der Waals surface area contributed by atoms with Crippen LogP contribution in [0.15, 0.2) is 0 Å². The average molecular weight is 113 g/mol. The summed E-state index contributed by atoms with van der Waals surface area (Å²) in [5.41, 5.74) is 0. The number of ether oxygens (including phenoxy) is 1. The molecule has 0 amide bonds. The fraction of sp³-hybridized carbons (Fsp3) is 0.833. The first-order valence-electron chi connectivity index (χ1n) is 2.85. The van der Waals surface area contributed by atoms with Crippen molar-refractivity contribution in [1.29, 1.82) is 0 Å². The van der Waals surface area contributed by atoms with Crippen molar-refractivity contribution in [3.8, 4) is 0 Å². The van der Waals surface area contributed by atoms with Gasteiger partial charge in [-0.2, -0.15) is 0 Å². The molecule has 0 aromatic carbocycles. The fourth-order valence-corrected chi connectivity index (χ4v) is 0.993. The normalized spacial score (nSPS) is 35.6. The second kappa shape index (κ2) is 2.16. The van der Waals surface area contributed by atoms with E-state index in [4.69, 9.17) is 0 Å². The highest BCUT2D eigenvalue weighted by Crippen LogP contribution is 2.28. The second-order valence-electron chi connectivity index (χ2n) is 2.40. The summed E-state index contributed by atoms with van der Waals surface area (Å²) in [4.78, 5) is 9.57. The highest BCUT2D eigenvalue weighted by atomic mass is 16.5. The molecule has 1 fully saturated rings. The van der Waals surface area contributed by atoms with E-state index in [9.17, 15) is 4.79 Å². The van der Waals surface area contributed by atoms with Gasteiger partial charge in [0.2, 0.25) is 0 Å². The Labute approximate surface area is 48.8 Å². The minimum absolute atomic E-state index is 0.183. The second-order valence-corrected chi connectivity index (χ2v) is 2.40. The van der Waals surface area contributed by atoms with Gasteiger partial charge in [0.1, 0.15) is 6.10 Å². The molecule has 1 rings (SSSR count). The van der Waals surface area contributed by atoms with Gasteiger partial charge < -0.3 is 4.74 Å². The van der Waals surface area contributed by atoms with Gasteiger partial charge in [-0.3, -0.25) is 0 Å². The van der Waals surface area contributed by atoms with Crippen LogP contribution in [0.25, 0.3) is 0 Å². The monoisotopic (exact) mass is 113 g/mol. The van der Waals surface area contributed by atoms with Gasteiger partial charge in [-0.15, -0.1) is 0 Å². The lowest BCUT2D eigenvalue weighted by Gasteiger charge is -2.29. The minimum atomic E-state index is 0.183. The van der Waals surface area contributed by atoms with Crippen LogP contribution in [-0.4, -0.2) is 12.6 Å². The Morgan fingerprint density at radius 3 is 2.62 bits per heavy atom. The Hall–Kier alpha value is -0.530. The van der Waals surface area contributed by atoms with Crippen molar-refractivity contribution < 1.29 is 9.53 Å². The van der Waals surface area contributed by atoms with Crippen LogP contribution in [0.3, 0.4) is 0 Å². The molecule has 0 aromatic heterocycles. The highest BCUT2D eigenvalue weighted by Gasteiger charge is 2.26. The molecule has 1 radical (unpaired) electrons. The molecule has 2 heteroatoms. The first kappa shape index (κ1) is 5.60. The molecule has 0 heterocycles. The lowest BCUT2D eigenvalue weighted by molar-refractivity contribution is 0.0594. The maximum absolute atomic E-state index is 9.57. The summed E-state index contributed by atoms with van der Waals surface area (Å²) in [6, 6.07) is 0. The lowest BCUT2D eigenvalue weighted by atomic mass is 9.84. The van der Waals surface area contributed by atoms with Crippen molar-refractivity contribution in [1.82, 2.24) is 0 Å². The van der Waals surface area contributed by atoms with Crippen LogP contribution in [0.4, 0.5) is 0 Å². The van der Waals surface area contributed by atoms with E-state index in [1.54, 1.807) is 0 Å². The van der Waals surface area contributed by atoms with Crippen LogP contribution in [0.2, 0.25) is 0 Å². The quantitative estimate of drug-likeness (QED) is 0.531. The summed E-state index contributed by atoms with van der Waals surface area (Å²) in [6.45, 7) is 3.58. The molecule has 1 aliphatic rings. The molecular weight excluding hydrogens is 104 g/mol. The Bertz CT molecular complexity index is 84.5. The SMILES string of the molecule is CC1CC(O[C]=O)C1. The van der Waals surface area contributed by atoms with Crippen molar-refractivity contribution in [2.24, 2.45) is 5.92 Å². The summed E-state index contributed by atoms with van der Waals surface area (Å²) < 4.78 is 4.54. The third-order valence-electron chi connectivity index (χ3n) is 1.55. The van der Waals surface area contributed by atoms with E-state index in [2.05, 4.69) is 11.7 Å². The van der Waals surface area contributed by atoms with E-state index in [-0.39, 0.29) is 6.10 Å². The molecule has 0 N–H and O–H groups in total. The van der Waals surface area contributed by atoms with Gasteiger partial charge in [0.05, 0.1) is 0 Å². The minimum Gasteiger partial charge on any atom is -0.454 e. The topological polar surface area (TPSA) is 26.3 Å².